The van der Waals surface area contributed by atoms with Gasteiger partial charge in [0.1, 0.15) is 5.82 Å². The maximum atomic E-state index is 12.2. The molecule has 0 spiro atoms. The zero-order valence-electron chi connectivity index (χ0n) is 11.4. The maximum absolute atomic E-state index is 12.2. The first-order valence-electron chi connectivity index (χ1n) is 6.59. The number of hydrogen-bond acceptors (Lipinski definition) is 5. The molecule has 104 valence electrons. The van der Waals surface area contributed by atoms with Gasteiger partial charge in [-0.3, -0.25) is 4.79 Å². The molecule has 19 heavy (non-hydrogen) atoms. The van der Waals surface area contributed by atoms with Gasteiger partial charge in [-0.05, 0) is 33.1 Å². The van der Waals surface area contributed by atoms with Crippen LogP contribution in [0.5, 0.6) is 0 Å². The number of amides is 1. The van der Waals surface area contributed by atoms with Crippen LogP contribution >= 0.6 is 11.8 Å². The molecule has 1 aliphatic rings. The summed E-state index contributed by atoms with van der Waals surface area (Å²) in [6.45, 7) is 4.86. The van der Waals surface area contributed by atoms with E-state index in [0.717, 1.165) is 25.1 Å². The average Bonchev–Trinajstić information content (AvgIpc) is 2.35. The Bertz CT molecular complexity index is 446. The summed E-state index contributed by atoms with van der Waals surface area (Å²) in [7, 11) is 0. The van der Waals surface area contributed by atoms with E-state index in [2.05, 4.69) is 16.9 Å². The minimum Gasteiger partial charge on any atom is -0.384 e. The number of likely N-dealkylation sites (tertiary alicyclic amines) is 1. The Morgan fingerprint density at radius 3 is 3.00 bits per heavy atom. The number of hydrogen-bond donors (Lipinski definition) is 1. The lowest BCUT2D eigenvalue weighted by atomic mass is 10.0. The Balaban J connectivity index is 1.92. The number of anilines is 1. The van der Waals surface area contributed by atoms with Gasteiger partial charge in [-0.25, -0.2) is 9.97 Å². The van der Waals surface area contributed by atoms with Crippen molar-refractivity contribution in [2.45, 2.75) is 44.3 Å². The number of rotatable bonds is 3. The first-order valence-corrected chi connectivity index (χ1v) is 7.58. The number of aryl methyl sites for hydroxylation is 1. The molecule has 2 rings (SSSR count). The van der Waals surface area contributed by atoms with Gasteiger partial charge in [0.05, 0.1) is 5.75 Å². The Kier molecular flexibility index (Phi) is 4.63. The van der Waals surface area contributed by atoms with Crippen molar-refractivity contribution in [1.82, 2.24) is 14.9 Å². The zero-order chi connectivity index (χ0) is 13.8. The number of piperidine rings is 1. The van der Waals surface area contributed by atoms with Crippen molar-refractivity contribution < 1.29 is 4.79 Å². The van der Waals surface area contributed by atoms with E-state index in [4.69, 9.17) is 5.73 Å². The minimum absolute atomic E-state index is 0.167. The second-order valence-corrected chi connectivity index (χ2v) is 5.88. The van der Waals surface area contributed by atoms with Crippen molar-refractivity contribution >= 4 is 23.5 Å². The van der Waals surface area contributed by atoms with Gasteiger partial charge in [-0.2, -0.15) is 0 Å². The van der Waals surface area contributed by atoms with Crippen LogP contribution in [0.3, 0.4) is 0 Å². The summed E-state index contributed by atoms with van der Waals surface area (Å²) in [5.41, 5.74) is 6.50. The van der Waals surface area contributed by atoms with Gasteiger partial charge in [0, 0.05) is 24.3 Å². The molecule has 5 nitrogen and oxygen atoms in total. The van der Waals surface area contributed by atoms with E-state index in [1.54, 1.807) is 6.07 Å². The Morgan fingerprint density at radius 1 is 1.53 bits per heavy atom. The van der Waals surface area contributed by atoms with E-state index in [1.165, 1.54) is 18.2 Å². The van der Waals surface area contributed by atoms with Crippen molar-refractivity contribution in [3.8, 4) is 0 Å². The molecule has 0 unspecified atom stereocenters. The van der Waals surface area contributed by atoms with E-state index < -0.39 is 0 Å². The van der Waals surface area contributed by atoms with Crippen molar-refractivity contribution in [2.75, 3.05) is 18.0 Å². The summed E-state index contributed by atoms with van der Waals surface area (Å²) in [6.07, 6.45) is 3.43. The molecule has 0 saturated carbocycles. The van der Waals surface area contributed by atoms with Crippen LogP contribution in [0.25, 0.3) is 0 Å². The molecule has 1 aromatic rings. The molecule has 1 atom stereocenters. The topological polar surface area (TPSA) is 72.1 Å². The molecular formula is C13H20N4OS. The Labute approximate surface area is 118 Å². The Morgan fingerprint density at radius 2 is 2.32 bits per heavy atom. The first-order chi connectivity index (χ1) is 9.06. The number of carbonyl (C=O) groups is 1. The SMILES string of the molecule is Cc1cc(N)nc(SCC(=O)N2CCCC[C@H]2C)n1. The summed E-state index contributed by atoms with van der Waals surface area (Å²) < 4.78 is 0. The van der Waals surface area contributed by atoms with E-state index >= 15 is 0 Å². The van der Waals surface area contributed by atoms with Crippen LogP contribution < -0.4 is 5.73 Å². The van der Waals surface area contributed by atoms with Crippen molar-refractivity contribution in [3.05, 3.63) is 11.8 Å². The van der Waals surface area contributed by atoms with Crippen LogP contribution in [0.4, 0.5) is 5.82 Å². The number of nitrogen functional groups attached to an aromatic ring is 1. The van der Waals surface area contributed by atoms with E-state index in [1.807, 2.05) is 11.8 Å². The largest absolute Gasteiger partial charge is 0.384 e. The summed E-state index contributed by atoms with van der Waals surface area (Å²) in [6, 6.07) is 2.07. The third kappa shape index (κ3) is 3.83. The fourth-order valence-electron chi connectivity index (χ4n) is 2.31. The molecule has 1 fully saturated rings. The summed E-state index contributed by atoms with van der Waals surface area (Å²) >= 11 is 1.36. The van der Waals surface area contributed by atoms with Crippen molar-refractivity contribution in [3.63, 3.8) is 0 Å². The molecule has 1 aliphatic heterocycles. The zero-order valence-corrected chi connectivity index (χ0v) is 12.2. The van der Waals surface area contributed by atoms with Crippen LogP contribution in [-0.2, 0) is 4.79 Å². The van der Waals surface area contributed by atoms with Gasteiger partial charge in [-0.15, -0.1) is 0 Å². The highest BCUT2D eigenvalue weighted by Crippen LogP contribution is 2.20. The first kappa shape index (κ1) is 14.1. The monoisotopic (exact) mass is 280 g/mol. The number of thioether (sulfide) groups is 1. The van der Waals surface area contributed by atoms with Gasteiger partial charge < -0.3 is 10.6 Å². The maximum Gasteiger partial charge on any atom is 0.233 e. The number of nitrogens with two attached hydrogens (primary N) is 1. The lowest BCUT2D eigenvalue weighted by Crippen LogP contribution is -2.42. The third-order valence-electron chi connectivity index (χ3n) is 3.30. The van der Waals surface area contributed by atoms with E-state index in [9.17, 15) is 4.79 Å². The highest BCUT2D eigenvalue weighted by molar-refractivity contribution is 7.99. The second kappa shape index (κ2) is 6.23. The quantitative estimate of drug-likeness (QED) is 0.676. The molecule has 0 radical (unpaired) electrons. The molecule has 2 heterocycles. The summed E-state index contributed by atoms with van der Waals surface area (Å²) in [5, 5.41) is 0.579. The molecular weight excluding hydrogens is 260 g/mol. The van der Waals surface area contributed by atoms with Crippen LogP contribution in [0.15, 0.2) is 11.2 Å². The van der Waals surface area contributed by atoms with E-state index in [0.29, 0.717) is 22.8 Å². The molecule has 0 bridgehead atoms. The number of carbonyl (C=O) groups excluding carboxylic acids is 1. The Hall–Kier alpha value is -1.30. The highest BCUT2D eigenvalue weighted by Gasteiger charge is 2.23. The average molecular weight is 280 g/mol. The lowest BCUT2D eigenvalue weighted by molar-refractivity contribution is -0.131. The van der Waals surface area contributed by atoms with Gasteiger partial charge >= 0.3 is 0 Å². The van der Waals surface area contributed by atoms with E-state index in [-0.39, 0.29) is 5.91 Å². The number of aromatic nitrogens is 2. The highest BCUT2D eigenvalue weighted by atomic mass is 32.2. The molecule has 0 aromatic carbocycles. The number of nitrogens with zero attached hydrogens (tertiary/aromatic N) is 3. The molecule has 1 aromatic heterocycles. The van der Waals surface area contributed by atoms with Gasteiger partial charge in [0.15, 0.2) is 5.16 Å². The fourth-order valence-corrected chi connectivity index (χ4v) is 3.10. The third-order valence-corrected chi connectivity index (χ3v) is 4.13. The minimum atomic E-state index is 0.167. The van der Waals surface area contributed by atoms with Crippen molar-refractivity contribution in [1.29, 1.82) is 0 Å². The second-order valence-electron chi connectivity index (χ2n) is 4.94. The predicted octanol–water partition coefficient (Wildman–Crippen LogP) is 1.86. The standard InChI is InChI=1S/C13H20N4OS/c1-9-7-11(14)16-13(15-9)19-8-12(18)17-6-4-3-5-10(17)2/h7,10H,3-6,8H2,1-2H3,(H2,14,15,16)/t10-/m1/s1. The normalized spacial score (nSPS) is 19.5. The van der Waals surface area contributed by atoms with Crippen LogP contribution in [-0.4, -0.2) is 39.1 Å². The van der Waals surface area contributed by atoms with Crippen LogP contribution in [0.1, 0.15) is 31.9 Å². The molecule has 1 amide bonds. The van der Waals surface area contributed by atoms with Gasteiger partial charge in [0.25, 0.3) is 0 Å². The van der Waals surface area contributed by atoms with Crippen LogP contribution in [0, 0.1) is 6.92 Å². The predicted molar refractivity (Wildman–Crippen MR) is 76.9 cm³/mol. The smallest absolute Gasteiger partial charge is 0.233 e. The summed E-state index contributed by atoms with van der Waals surface area (Å²) in [5.74, 6) is 1.00. The lowest BCUT2D eigenvalue weighted by Gasteiger charge is -2.33. The summed E-state index contributed by atoms with van der Waals surface area (Å²) in [4.78, 5) is 22.5. The fraction of sp³-hybridized carbons (Fsp3) is 0.615. The molecule has 6 heteroatoms. The molecule has 1 saturated heterocycles. The van der Waals surface area contributed by atoms with Crippen LogP contribution in [0.2, 0.25) is 0 Å². The molecule has 2 N–H and O–H groups in total. The van der Waals surface area contributed by atoms with Gasteiger partial charge in [-0.1, -0.05) is 11.8 Å². The van der Waals surface area contributed by atoms with Crippen molar-refractivity contribution in [2.24, 2.45) is 0 Å². The molecule has 0 aliphatic carbocycles. The van der Waals surface area contributed by atoms with Gasteiger partial charge in [0.2, 0.25) is 5.91 Å².